The Morgan fingerprint density at radius 3 is 2.33 bits per heavy atom. The summed E-state index contributed by atoms with van der Waals surface area (Å²) >= 11 is 0. The summed E-state index contributed by atoms with van der Waals surface area (Å²) < 4.78 is 0. The lowest BCUT2D eigenvalue weighted by atomic mass is 10.1. The number of amides is 2. The number of aromatic nitrogens is 1. The monoisotopic (exact) mass is 361 g/mol. The van der Waals surface area contributed by atoms with Crippen LogP contribution in [0.3, 0.4) is 0 Å². The highest BCUT2D eigenvalue weighted by molar-refractivity contribution is 6.43. The third kappa shape index (κ3) is 5.14. The molecule has 2 amide bonds. The second kappa shape index (κ2) is 8.94. The number of aryl methyl sites for hydroxylation is 1. The van der Waals surface area contributed by atoms with Gasteiger partial charge in [0.25, 0.3) is 0 Å². The van der Waals surface area contributed by atoms with Gasteiger partial charge in [-0.2, -0.15) is 0 Å². The summed E-state index contributed by atoms with van der Waals surface area (Å²) in [6, 6.07) is 16.7. The van der Waals surface area contributed by atoms with Crippen molar-refractivity contribution in [1.82, 2.24) is 4.98 Å². The summed E-state index contributed by atoms with van der Waals surface area (Å²) in [6.45, 7) is 2.18. The summed E-state index contributed by atoms with van der Waals surface area (Å²) in [5, 5.41) is 6.15. The van der Waals surface area contributed by atoms with Crippen molar-refractivity contribution in [2.45, 2.75) is 32.6 Å². The Hall–Kier alpha value is -3.21. The van der Waals surface area contributed by atoms with E-state index in [2.05, 4.69) is 22.5 Å². The molecule has 2 N–H and O–H groups in total. The number of nitrogens with one attached hydrogen (secondary N) is 2. The predicted molar refractivity (Wildman–Crippen MR) is 109 cm³/mol. The molecule has 0 saturated carbocycles. The van der Waals surface area contributed by atoms with Gasteiger partial charge in [0.2, 0.25) is 0 Å². The average molecular weight is 361 g/mol. The van der Waals surface area contributed by atoms with Crippen molar-refractivity contribution in [1.29, 1.82) is 0 Å². The first-order valence-electron chi connectivity index (χ1n) is 9.22. The van der Waals surface area contributed by atoms with Gasteiger partial charge in [-0.1, -0.05) is 38.0 Å². The highest BCUT2D eigenvalue weighted by Gasteiger charge is 2.14. The first-order valence-corrected chi connectivity index (χ1v) is 9.22. The number of pyridine rings is 1. The van der Waals surface area contributed by atoms with Crippen LogP contribution >= 0.6 is 0 Å². The largest absolute Gasteiger partial charge is 0.318 e. The number of carbonyl (C=O) groups is 2. The fourth-order valence-electron chi connectivity index (χ4n) is 2.86. The molecule has 5 nitrogen and oxygen atoms in total. The van der Waals surface area contributed by atoms with Gasteiger partial charge in [0.15, 0.2) is 0 Å². The van der Waals surface area contributed by atoms with E-state index in [1.807, 2.05) is 36.4 Å². The first-order chi connectivity index (χ1) is 13.2. The van der Waals surface area contributed by atoms with Crippen LogP contribution in [0.2, 0.25) is 0 Å². The quantitative estimate of drug-likeness (QED) is 0.500. The molecule has 27 heavy (non-hydrogen) atoms. The molecule has 0 aliphatic carbocycles. The fourth-order valence-corrected chi connectivity index (χ4v) is 2.86. The lowest BCUT2D eigenvalue weighted by Crippen LogP contribution is -2.29. The van der Waals surface area contributed by atoms with Crippen LogP contribution in [-0.2, 0) is 16.0 Å². The molecule has 0 radical (unpaired) electrons. The number of nitrogens with zero attached hydrogens (tertiary/aromatic N) is 1. The topological polar surface area (TPSA) is 71.1 Å². The first kappa shape index (κ1) is 18.6. The number of carbonyl (C=O) groups excluding carboxylic acids is 2. The molecule has 3 aromatic rings. The lowest BCUT2D eigenvalue weighted by Gasteiger charge is -2.08. The molecular formula is C22H23N3O2. The maximum atomic E-state index is 12.2. The molecule has 0 fully saturated rings. The van der Waals surface area contributed by atoms with Gasteiger partial charge >= 0.3 is 11.8 Å². The molecule has 0 aliphatic rings. The minimum Gasteiger partial charge on any atom is -0.318 e. The van der Waals surface area contributed by atoms with Gasteiger partial charge in [0.1, 0.15) is 0 Å². The van der Waals surface area contributed by atoms with Gasteiger partial charge in [0.05, 0.1) is 5.52 Å². The number of unbranched alkanes of at least 4 members (excludes halogenated alkanes) is 2. The Balaban J connectivity index is 1.57. The van der Waals surface area contributed by atoms with Gasteiger partial charge in [-0.15, -0.1) is 0 Å². The summed E-state index contributed by atoms with van der Waals surface area (Å²) in [7, 11) is 0. The van der Waals surface area contributed by atoms with E-state index in [1.165, 1.54) is 18.4 Å². The van der Waals surface area contributed by atoms with E-state index in [9.17, 15) is 9.59 Å². The molecule has 0 spiro atoms. The normalized spacial score (nSPS) is 10.6. The Labute approximate surface area is 158 Å². The SMILES string of the molecule is CCCCCc1ccc(NC(=O)C(=O)Nc2ccc3ncccc3c2)cc1. The third-order valence-electron chi connectivity index (χ3n) is 4.35. The van der Waals surface area contributed by atoms with Gasteiger partial charge in [-0.05, 0) is 54.8 Å². The minimum absolute atomic E-state index is 0.557. The molecule has 0 aliphatic heterocycles. The van der Waals surface area contributed by atoms with Crippen molar-refractivity contribution in [3.05, 3.63) is 66.4 Å². The van der Waals surface area contributed by atoms with E-state index < -0.39 is 11.8 Å². The Kier molecular flexibility index (Phi) is 6.15. The van der Waals surface area contributed by atoms with Crippen LogP contribution in [0.15, 0.2) is 60.8 Å². The Morgan fingerprint density at radius 2 is 1.59 bits per heavy atom. The zero-order chi connectivity index (χ0) is 19.1. The van der Waals surface area contributed by atoms with Crippen molar-refractivity contribution in [3.63, 3.8) is 0 Å². The van der Waals surface area contributed by atoms with Gasteiger partial charge in [-0.25, -0.2) is 0 Å². The van der Waals surface area contributed by atoms with Crippen LogP contribution in [0.5, 0.6) is 0 Å². The maximum absolute atomic E-state index is 12.2. The smallest absolute Gasteiger partial charge is 0.314 e. The number of rotatable bonds is 6. The van der Waals surface area contributed by atoms with E-state index in [-0.39, 0.29) is 0 Å². The van der Waals surface area contributed by atoms with Gasteiger partial charge in [-0.3, -0.25) is 14.6 Å². The van der Waals surface area contributed by atoms with Gasteiger partial charge in [0, 0.05) is 23.0 Å². The van der Waals surface area contributed by atoms with Crippen LogP contribution in [-0.4, -0.2) is 16.8 Å². The number of hydrogen-bond acceptors (Lipinski definition) is 3. The molecule has 1 heterocycles. The van der Waals surface area contributed by atoms with Crippen molar-refractivity contribution < 1.29 is 9.59 Å². The van der Waals surface area contributed by atoms with E-state index in [0.29, 0.717) is 11.4 Å². The maximum Gasteiger partial charge on any atom is 0.314 e. The lowest BCUT2D eigenvalue weighted by molar-refractivity contribution is -0.132. The molecular weight excluding hydrogens is 338 g/mol. The molecule has 0 saturated heterocycles. The van der Waals surface area contributed by atoms with E-state index in [0.717, 1.165) is 23.7 Å². The van der Waals surface area contributed by atoms with Crippen molar-refractivity contribution in [2.24, 2.45) is 0 Å². The highest BCUT2D eigenvalue weighted by Crippen LogP contribution is 2.17. The number of anilines is 2. The summed E-state index contributed by atoms with van der Waals surface area (Å²) in [6.07, 6.45) is 6.30. The minimum atomic E-state index is -0.703. The Morgan fingerprint density at radius 1 is 0.889 bits per heavy atom. The second-order valence-corrected chi connectivity index (χ2v) is 6.47. The number of fused-ring (bicyclic) bond motifs is 1. The van der Waals surface area contributed by atoms with Crippen molar-refractivity contribution in [3.8, 4) is 0 Å². The van der Waals surface area contributed by atoms with Crippen molar-refractivity contribution >= 4 is 34.1 Å². The van der Waals surface area contributed by atoms with Crippen LogP contribution in [0.25, 0.3) is 10.9 Å². The van der Waals surface area contributed by atoms with Crippen LogP contribution in [0.4, 0.5) is 11.4 Å². The van der Waals surface area contributed by atoms with E-state index in [1.54, 1.807) is 24.4 Å². The van der Waals surface area contributed by atoms with Crippen molar-refractivity contribution in [2.75, 3.05) is 10.6 Å². The molecule has 0 unspecified atom stereocenters. The fraction of sp³-hybridized carbons (Fsp3) is 0.227. The predicted octanol–water partition coefficient (Wildman–Crippen LogP) is 4.54. The second-order valence-electron chi connectivity index (χ2n) is 6.47. The van der Waals surface area contributed by atoms with Gasteiger partial charge < -0.3 is 10.6 Å². The standard InChI is InChI=1S/C22H23N3O2/c1-2-3-4-6-16-8-10-18(11-9-16)24-21(26)22(27)25-19-12-13-20-17(15-19)7-5-14-23-20/h5,7-15H,2-4,6H2,1H3,(H,24,26)(H,25,27). The summed E-state index contributed by atoms with van der Waals surface area (Å²) in [4.78, 5) is 28.5. The van der Waals surface area contributed by atoms with Crippen LogP contribution < -0.4 is 10.6 Å². The van der Waals surface area contributed by atoms with E-state index in [4.69, 9.17) is 0 Å². The van der Waals surface area contributed by atoms with E-state index >= 15 is 0 Å². The highest BCUT2D eigenvalue weighted by atomic mass is 16.2. The average Bonchev–Trinajstić information content (AvgIpc) is 2.69. The number of benzene rings is 2. The molecule has 3 rings (SSSR count). The van der Waals surface area contributed by atoms with Crippen LogP contribution in [0, 0.1) is 0 Å². The number of hydrogen-bond donors (Lipinski definition) is 2. The molecule has 1 aromatic heterocycles. The third-order valence-corrected chi connectivity index (χ3v) is 4.35. The molecule has 0 bridgehead atoms. The summed E-state index contributed by atoms with van der Waals surface area (Å²) in [5.41, 5.74) is 3.23. The van der Waals surface area contributed by atoms with Crippen LogP contribution in [0.1, 0.15) is 31.7 Å². The zero-order valence-corrected chi connectivity index (χ0v) is 15.4. The zero-order valence-electron chi connectivity index (χ0n) is 15.4. The molecule has 2 aromatic carbocycles. The Bertz CT molecular complexity index is 936. The molecule has 5 heteroatoms. The summed E-state index contributed by atoms with van der Waals surface area (Å²) in [5.74, 6) is -1.40. The molecule has 0 atom stereocenters. The molecule has 138 valence electrons.